The highest BCUT2D eigenvalue weighted by atomic mass is 16.5. The Bertz CT molecular complexity index is 648. The Labute approximate surface area is 137 Å². The van der Waals surface area contributed by atoms with E-state index in [2.05, 4.69) is 39.7 Å². The summed E-state index contributed by atoms with van der Waals surface area (Å²) in [7, 11) is 0. The number of fused-ring (bicyclic) bond motifs is 1. The highest BCUT2D eigenvalue weighted by Gasteiger charge is 2.21. The lowest BCUT2D eigenvalue weighted by molar-refractivity contribution is 0.207. The van der Waals surface area contributed by atoms with Crippen LogP contribution in [0.25, 0.3) is 0 Å². The second kappa shape index (κ2) is 6.71. The van der Waals surface area contributed by atoms with E-state index in [9.17, 15) is 0 Å². The van der Waals surface area contributed by atoms with E-state index >= 15 is 0 Å². The first kappa shape index (κ1) is 14.7. The van der Waals surface area contributed by atoms with Crippen LogP contribution in [0.15, 0.2) is 30.6 Å². The molecule has 5 heteroatoms. The summed E-state index contributed by atoms with van der Waals surface area (Å²) in [4.78, 5) is 4.29. The minimum atomic E-state index is 0.406. The Morgan fingerprint density at radius 2 is 2.04 bits per heavy atom. The van der Waals surface area contributed by atoms with Crippen molar-refractivity contribution in [3.63, 3.8) is 0 Å². The van der Waals surface area contributed by atoms with Crippen molar-refractivity contribution in [2.24, 2.45) is 0 Å². The summed E-state index contributed by atoms with van der Waals surface area (Å²) in [5, 5.41) is 7.95. The molecule has 5 nitrogen and oxygen atoms in total. The van der Waals surface area contributed by atoms with Crippen LogP contribution in [-0.4, -0.2) is 26.9 Å². The Balaban J connectivity index is 1.37. The number of nitrogens with zero attached hydrogens (tertiary/aromatic N) is 3. The zero-order chi connectivity index (χ0) is 15.5. The molecule has 1 aliphatic carbocycles. The van der Waals surface area contributed by atoms with Gasteiger partial charge in [-0.05, 0) is 38.2 Å². The number of nitrogens with one attached hydrogen (secondary N) is 1. The van der Waals surface area contributed by atoms with Gasteiger partial charge in [-0.15, -0.1) is 0 Å². The van der Waals surface area contributed by atoms with E-state index in [1.807, 2.05) is 4.68 Å². The maximum atomic E-state index is 6.22. The van der Waals surface area contributed by atoms with Crippen LogP contribution in [0.4, 0.5) is 0 Å². The van der Waals surface area contributed by atoms with E-state index in [-0.39, 0.29) is 0 Å². The molecule has 0 amide bonds. The van der Waals surface area contributed by atoms with Crippen molar-refractivity contribution in [3.05, 3.63) is 42.0 Å². The summed E-state index contributed by atoms with van der Waals surface area (Å²) in [6.45, 7) is 1.75. The molecule has 0 spiro atoms. The number of benzene rings is 1. The number of ether oxygens (including phenoxy) is 1. The van der Waals surface area contributed by atoms with E-state index in [1.54, 1.807) is 6.33 Å². The molecule has 2 heterocycles. The van der Waals surface area contributed by atoms with Gasteiger partial charge < -0.3 is 10.1 Å². The van der Waals surface area contributed by atoms with E-state index < -0.39 is 0 Å². The molecule has 1 N–H and O–H groups in total. The van der Waals surface area contributed by atoms with Gasteiger partial charge in [-0.25, -0.2) is 9.67 Å². The third-order valence-electron chi connectivity index (χ3n) is 4.96. The molecule has 0 saturated heterocycles. The van der Waals surface area contributed by atoms with Gasteiger partial charge in [0.25, 0.3) is 0 Å². The Morgan fingerprint density at radius 1 is 1.17 bits per heavy atom. The highest BCUT2D eigenvalue weighted by Crippen LogP contribution is 2.26. The van der Waals surface area contributed by atoms with Gasteiger partial charge in [0.15, 0.2) is 0 Å². The Hall–Kier alpha value is -1.88. The fourth-order valence-electron chi connectivity index (χ4n) is 3.61. The molecule has 1 atom stereocenters. The maximum Gasteiger partial charge on any atom is 0.138 e. The first-order valence-corrected chi connectivity index (χ1v) is 8.73. The molecule has 2 aromatic rings. The zero-order valence-corrected chi connectivity index (χ0v) is 13.4. The van der Waals surface area contributed by atoms with Crippen LogP contribution in [0.5, 0.6) is 5.75 Å². The van der Waals surface area contributed by atoms with Gasteiger partial charge in [0.2, 0.25) is 0 Å². The lowest BCUT2D eigenvalue weighted by atomic mass is 10.1. The van der Waals surface area contributed by atoms with Crippen molar-refractivity contribution in [2.75, 3.05) is 0 Å². The van der Waals surface area contributed by atoms with Gasteiger partial charge in [0.1, 0.15) is 17.9 Å². The van der Waals surface area contributed by atoms with E-state index in [0.717, 1.165) is 37.5 Å². The third kappa shape index (κ3) is 3.39. The smallest absolute Gasteiger partial charge is 0.138 e. The summed E-state index contributed by atoms with van der Waals surface area (Å²) < 4.78 is 8.24. The first-order chi connectivity index (χ1) is 11.4. The van der Waals surface area contributed by atoms with Crippen LogP contribution in [0, 0.1) is 0 Å². The largest absolute Gasteiger partial charge is 0.490 e. The van der Waals surface area contributed by atoms with Crippen LogP contribution in [0.1, 0.15) is 43.5 Å². The molecule has 23 heavy (non-hydrogen) atoms. The average Bonchev–Trinajstić information content (AvgIpc) is 3.25. The second-order valence-corrected chi connectivity index (χ2v) is 6.61. The predicted molar refractivity (Wildman–Crippen MR) is 88.3 cm³/mol. The summed E-state index contributed by atoms with van der Waals surface area (Å²) in [5.74, 6) is 2.15. The SMILES string of the molecule is c1ccc(OC2CCCC2)c(CNC2CCc3ncnn3C2)c1. The fourth-order valence-corrected chi connectivity index (χ4v) is 3.61. The molecular formula is C18H24N4O. The third-order valence-corrected chi connectivity index (χ3v) is 4.96. The van der Waals surface area contributed by atoms with Gasteiger partial charge in [-0.2, -0.15) is 5.10 Å². The molecule has 1 unspecified atom stereocenters. The number of hydrogen-bond donors (Lipinski definition) is 1. The Morgan fingerprint density at radius 3 is 2.96 bits per heavy atom. The highest BCUT2D eigenvalue weighted by molar-refractivity contribution is 5.33. The number of aromatic nitrogens is 3. The molecule has 1 saturated carbocycles. The van der Waals surface area contributed by atoms with Crippen molar-refractivity contribution >= 4 is 0 Å². The van der Waals surface area contributed by atoms with E-state index in [4.69, 9.17) is 4.74 Å². The molecule has 2 aliphatic rings. The number of para-hydroxylation sites is 1. The number of aryl methyl sites for hydroxylation is 1. The van der Waals surface area contributed by atoms with Gasteiger partial charge in [0.05, 0.1) is 12.6 Å². The predicted octanol–water partition coefficient (Wildman–Crippen LogP) is 2.70. The molecule has 1 aromatic carbocycles. The molecule has 1 aromatic heterocycles. The minimum Gasteiger partial charge on any atom is -0.490 e. The van der Waals surface area contributed by atoms with Crippen LogP contribution in [0.3, 0.4) is 0 Å². The molecule has 122 valence electrons. The molecule has 4 rings (SSSR count). The number of hydrogen-bond acceptors (Lipinski definition) is 4. The van der Waals surface area contributed by atoms with Crippen molar-refractivity contribution < 1.29 is 4.74 Å². The fraction of sp³-hybridized carbons (Fsp3) is 0.556. The molecular weight excluding hydrogens is 288 g/mol. The molecule has 0 bridgehead atoms. The quantitative estimate of drug-likeness (QED) is 0.922. The summed E-state index contributed by atoms with van der Waals surface area (Å²) in [6, 6.07) is 8.88. The standard InChI is InChI=1S/C18H24N4O/c1-4-8-17(23-16-6-2-3-7-16)14(5-1)11-19-15-9-10-18-20-13-21-22(18)12-15/h1,4-5,8,13,15-16,19H,2-3,6-7,9-12H2. The van der Waals surface area contributed by atoms with E-state index in [0.29, 0.717) is 12.1 Å². The normalized spacial score (nSPS) is 21.3. The van der Waals surface area contributed by atoms with Gasteiger partial charge >= 0.3 is 0 Å². The zero-order valence-electron chi connectivity index (χ0n) is 13.4. The minimum absolute atomic E-state index is 0.406. The average molecular weight is 312 g/mol. The van der Waals surface area contributed by atoms with Crippen molar-refractivity contribution in [1.82, 2.24) is 20.1 Å². The second-order valence-electron chi connectivity index (χ2n) is 6.61. The first-order valence-electron chi connectivity index (χ1n) is 8.73. The summed E-state index contributed by atoms with van der Waals surface area (Å²) >= 11 is 0. The molecule has 0 radical (unpaired) electrons. The van der Waals surface area contributed by atoms with Crippen LogP contribution < -0.4 is 10.1 Å². The van der Waals surface area contributed by atoms with E-state index in [1.165, 1.54) is 31.2 Å². The Kier molecular flexibility index (Phi) is 4.28. The number of rotatable bonds is 5. The van der Waals surface area contributed by atoms with Crippen molar-refractivity contribution in [1.29, 1.82) is 0 Å². The van der Waals surface area contributed by atoms with Gasteiger partial charge in [0, 0.05) is 24.6 Å². The maximum absolute atomic E-state index is 6.22. The summed E-state index contributed by atoms with van der Waals surface area (Å²) in [5.41, 5.74) is 1.25. The van der Waals surface area contributed by atoms with Crippen LogP contribution in [-0.2, 0) is 19.5 Å². The van der Waals surface area contributed by atoms with Crippen LogP contribution in [0.2, 0.25) is 0 Å². The van der Waals surface area contributed by atoms with Crippen molar-refractivity contribution in [3.8, 4) is 5.75 Å². The monoisotopic (exact) mass is 312 g/mol. The lowest BCUT2D eigenvalue weighted by Crippen LogP contribution is -2.37. The molecule has 1 fully saturated rings. The summed E-state index contributed by atoms with van der Waals surface area (Å²) in [6.07, 6.45) is 9.16. The topological polar surface area (TPSA) is 52.0 Å². The van der Waals surface area contributed by atoms with Crippen LogP contribution >= 0.6 is 0 Å². The lowest BCUT2D eigenvalue weighted by Gasteiger charge is -2.24. The van der Waals surface area contributed by atoms with Crippen molar-refractivity contribution in [2.45, 2.75) is 63.8 Å². The molecule has 1 aliphatic heterocycles. The van der Waals surface area contributed by atoms with Gasteiger partial charge in [-0.3, -0.25) is 0 Å². The van der Waals surface area contributed by atoms with Gasteiger partial charge in [-0.1, -0.05) is 18.2 Å².